The number of aryl methyl sites for hydroxylation is 1. The fourth-order valence-corrected chi connectivity index (χ4v) is 2.10. The molecule has 1 aromatic rings. The van der Waals surface area contributed by atoms with Crippen molar-refractivity contribution in [3.8, 4) is 0 Å². The van der Waals surface area contributed by atoms with Crippen LogP contribution in [0.3, 0.4) is 0 Å². The van der Waals surface area contributed by atoms with Crippen molar-refractivity contribution >= 4 is 21.7 Å². The number of rotatable bonds is 1. The number of nitrogens with zero attached hydrogens (tertiary/aromatic N) is 2. The minimum Gasteiger partial charge on any atom is -0.355 e. The number of anilines is 1. The van der Waals surface area contributed by atoms with Gasteiger partial charge in [-0.3, -0.25) is 0 Å². The van der Waals surface area contributed by atoms with E-state index in [2.05, 4.69) is 39.7 Å². The van der Waals surface area contributed by atoms with Crippen molar-refractivity contribution < 1.29 is 0 Å². The summed E-state index contributed by atoms with van der Waals surface area (Å²) in [7, 11) is 0. The lowest BCUT2D eigenvalue weighted by molar-refractivity contribution is 0.442. The first kappa shape index (κ1) is 9.00. The zero-order chi connectivity index (χ0) is 9.42. The van der Waals surface area contributed by atoms with Gasteiger partial charge < -0.3 is 4.90 Å². The first-order valence-electron chi connectivity index (χ1n) is 4.54. The van der Waals surface area contributed by atoms with Crippen LogP contribution in [0.25, 0.3) is 0 Å². The monoisotopic (exact) mass is 240 g/mol. The van der Waals surface area contributed by atoms with Crippen molar-refractivity contribution in [1.29, 1.82) is 0 Å². The zero-order valence-corrected chi connectivity index (χ0v) is 9.50. The molecule has 13 heavy (non-hydrogen) atoms. The third-order valence-corrected chi connectivity index (χ3v) is 3.41. The lowest BCUT2D eigenvalue weighted by Crippen LogP contribution is -2.45. The maximum absolute atomic E-state index is 4.37. The molecular formula is C10H13BrN2. The normalized spacial score (nSPS) is 17.3. The van der Waals surface area contributed by atoms with Gasteiger partial charge in [-0.15, -0.1) is 0 Å². The van der Waals surface area contributed by atoms with E-state index in [4.69, 9.17) is 0 Å². The molecule has 0 N–H and O–H groups in total. The first-order valence-corrected chi connectivity index (χ1v) is 5.34. The van der Waals surface area contributed by atoms with Crippen LogP contribution in [0.1, 0.15) is 12.5 Å². The summed E-state index contributed by atoms with van der Waals surface area (Å²) < 4.78 is 1.14. The molecule has 0 aliphatic carbocycles. The van der Waals surface area contributed by atoms with Gasteiger partial charge in [-0.05, 0) is 40.4 Å². The largest absolute Gasteiger partial charge is 0.355 e. The number of hydrogen-bond acceptors (Lipinski definition) is 2. The van der Waals surface area contributed by atoms with Crippen molar-refractivity contribution in [2.24, 2.45) is 5.92 Å². The number of aromatic nitrogens is 1. The van der Waals surface area contributed by atoms with Crippen molar-refractivity contribution in [2.45, 2.75) is 13.8 Å². The number of pyridine rings is 1. The molecule has 1 aliphatic rings. The zero-order valence-electron chi connectivity index (χ0n) is 7.92. The number of halogens is 1. The summed E-state index contributed by atoms with van der Waals surface area (Å²) in [4.78, 5) is 6.68. The molecule has 1 aromatic heterocycles. The predicted octanol–water partition coefficient (Wildman–Crippen LogP) is 2.61. The average Bonchev–Trinajstić information content (AvgIpc) is 2.05. The van der Waals surface area contributed by atoms with Gasteiger partial charge in [0.25, 0.3) is 0 Å². The van der Waals surface area contributed by atoms with E-state index in [1.54, 1.807) is 0 Å². The van der Waals surface area contributed by atoms with E-state index < -0.39 is 0 Å². The van der Waals surface area contributed by atoms with Crippen LogP contribution in [0, 0.1) is 12.8 Å². The highest BCUT2D eigenvalue weighted by Gasteiger charge is 2.25. The Morgan fingerprint density at radius 1 is 1.54 bits per heavy atom. The van der Waals surface area contributed by atoms with Gasteiger partial charge >= 0.3 is 0 Å². The molecular weight excluding hydrogens is 228 g/mol. The quantitative estimate of drug-likeness (QED) is 0.751. The van der Waals surface area contributed by atoms with Gasteiger partial charge in [0.15, 0.2) is 0 Å². The third-order valence-electron chi connectivity index (χ3n) is 2.43. The van der Waals surface area contributed by atoms with Gasteiger partial charge in [-0.1, -0.05) is 6.92 Å². The number of hydrogen-bond donors (Lipinski definition) is 0. The summed E-state index contributed by atoms with van der Waals surface area (Å²) in [5.74, 6) is 1.91. The van der Waals surface area contributed by atoms with E-state index in [-0.39, 0.29) is 0 Å². The second kappa shape index (κ2) is 3.29. The molecule has 0 saturated carbocycles. The van der Waals surface area contributed by atoms with Gasteiger partial charge in [0.1, 0.15) is 5.82 Å². The molecule has 2 rings (SSSR count). The lowest BCUT2D eigenvalue weighted by atomic mass is 10.0. The molecule has 3 heteroatoms. The molecule has 2 heterocycles. The van der Waals surface area contributed by atoms with Gasteiger partial charge in [0, 0.05) is 19.3 Å². The minimum atomic E-state index is 0.814. The van der Waals surface area contributed by atoms with Crippen molar-refractivity contribution in [2.75, 3.05) is 18.0 Å². The van der Waals surface area contributed by atoms with Crippen LogP contribution in [-0.2, 0) is 0 Å². The molecule has 70 valence electrons. The summed E-state index contributed by atoms with van der Waals surface area (Å²) in [5, 5.41) is 0. The van der Waals surface area contributed by atoms with Crippen LogP contribution < -0.4 is 4.90 Å². The van der Waals surface area contributed by atoms with Crippen LogP contribution in [-0.4, -0.2) is 18.1 Å². The maximum atomic E-state index is 4.37. The van der Waals surface area contributed by atoms with Crippen LogP contribution in [0.2, 0.25) is 0 Å². The molecule has 2 nitrogen and oxygen atoms in total. The smallest absolute Gasteiger partial charge is 0.143 e. The first-order chi connectivity index (χ1) is 6.18. The topological polar surface area (TPSA) is 16.1 Å². The van der Waals surface area contributed by atoms with E-state index in [0.717, 1.165) is 29.3 Å². The summed E-state index contributed by atoms with van der Waals surface area (Å²) in [6, 6.07) is 2.02. The van der Waals surface area contributed by atoms with Crippen LogP contribution in [0.4, 0.5) is 5.82 Å². The molecule has 0 atom stereocenters. The highest BCUT2D eigenvalue weighted by molar-refractivity contribution is 9.10. The van der Waals surface area contributed by atoms with E-state index in [0.29, 0.717) is 0 Å². The van der Waals surface area contributed by atoms with Crippen LogP contribution in [0.5, 0.6) is 0 Å². The molecule has 1 fully saturated rings. The predicted molar refractivity (Wildman–Crippen MR) is 58.1 cm³/mol. The molecule has 0 unspecified atom stereocenters. The molecule has 0 aromatic carbocycles. The van der Waals surface area contributed by atoms with Gasteiger partial charge in [-0.2, -0.15) is 0 Å². The van der Waals surface area contributed by atoms with Crippen LogP contribution in [0.15, 0.2) is 16.7 Å². The van der Waals surface area contributed by atoms with Crippen molar-refractivity contribution in [3.63, 3.8) is 0 Å². The highest BCUT2D eigenvalue weighted by atomic mass is 79.9. The second-order valence-electron chi connectivity index (χ2n) is 3.78. The fourth-order valence-electron chi connectivity index (χ4n) is 1.62. The molecule has 0 radical (unpaired) electrons. The van der Waals surface area contributed by atoms with Gasteiger partial charge in [0.05, 0.1) is 4.47 Å². The Morgan fingerprint density at radius 3 is 2.85 bits per heavy atom. The summed E-state index contributed by atoms with van der Waals surface area (Å²) >= 11 is 3.57. The average molecular weight is 241 g/mol. The Labute approximate surface area is 87.1 Å². The SMILES string of the molecule is Cc1ccnc(N2CC(C)C2)c1Br. The Kier molecular flexibility index (Phi) is 2.28. The molecule has 0 bridgehead atoms. The Hall–Kier alpha value is -0.570. The Bertz CT molecular complexity index is 319. The third kappa shape index (κ3) is 1.57. The molecule has 1 saturated heterocycles. The van der Waals surface area contributed by atoms with E-state index in [1.807, 2.05) is 12.3 Å². The summed E-state index contributed by atoms with van der Waals surface area (Å²) in [6.07, 6.45) is 1.87. The Balaban J connectivity index is 2.26. The summed E-state index contributed by atoms with van der Waals surface area (Å²) in [5.41, 5.74) is 1.25. The van der Waals surface area contributed by atoms with Crippen molar-refractivity contribution in [1.82, 2.24) is 4.98 Å². The van der Waals surface area contributed by atoms with E-state index in [9.17, 15) is 0 Å². The summed E-state index contributed by atoms with van der Waals surface area (Å²) in [6.45, 7) is 6.63. The minimum absolute atomic E-state index is 0.814. The van der Waals surface area contributed by atoms with Gasteiger partial charge in [-0.25, -0.2) is 4.98 Å². The molecule has 1 aliphatic heterocycles. The van der Waals surface area contributed by atoms with E-state index >= 15 is 0 Å². The Morgan fingerprint density at radius 2 is 2.23 bits per heavy atom. The van der Waals surface area contributed by atoms with E-state index in [1.165, 1.54) is 5.56 Å². The molecule has 0 spiro atoms. The van der Waals surface area contributed by atoms with Crippen molar-refractivity contribution in [3.05, 3.63) is 22.3 Å². The molecule has 0 amide bonds. The standard InChI is InChI=1S/C10H13BrN2/c1-7-5-13(6-7)10-9(11)8(2)3-4-12-10/h3-4,7H,5-6H2,1-2H3. The van der Waals surface area contributed by atoms with Gasteiger partial charge in [0.2, 0.25) is 0 Å². The second-order valence-corrected chi connectivity index (χ2v) is 4.57. The van der Waals surface area contributed by atoms with Crippen LogP contribution >= 0.6 is 15.9 Å². The maximum Gasteiger partial charge on any atom is 0.143 e. The highest BCUT2D eigenvalue weighted by Crippen LogP contribution is 2.31. The fraction of sp³-hybridized carbons (Fsp3) is 0.500. The lowest BCUT2D eigenvalue weighted by Gasteiger charge is -2.38.